The molecule has 328 valence electrons. The van der Waals surface area contributed by atoms with Crippen LogP contribution in [0.3, 0.4) is 0 Å². The Morgan fingerprint density at radius 2 is 0.483 bits per heavy atom. The number of hydrogen-bond acceptors (Lipinski definition) is 8. The Morgan fingerprint density at radius 3 is 0.633 bits per heavy atom. The maximum atomic E-state index is 12.1. The molecule has 0 fully saturated rings. The number of phenols is 4. The van der Waals surface area contributed by atoms with Crippen LogP contribution in [0.5, 0.6) is 23.0 Å². The molecule has 0 aliphatic heterocycles. The monoisotopic (exact) mass is 825 g/mol. The van der Waals surface area contributed by atoms with E-state index in [2.05, 4.69) is 27.7 Å². The Labute approximate surface area is 358 Å². The average molecular weight is 825 g/mol. The number of rotatable bonds is 20. The van der Waals surface area contributed by atoms with Gasteiger partial charge in [0.05, 0.1) is 24.4 Å². The van der Waals surface area contributed by atoms with Gasteiger partial charge >= 0.3 is 0 Å². The van der Waals surface area contributed by atoms with E-state index in [9.17, 15) is 40.9 Å². The third-order valence-electron chi connectivity index (χ3n) is 12.5. The Balaban J connectivity index is 1.77. The first kappa shape index (κ1) is 47.0. The maximum Gasteiger partial charge on any atom is 0.122 e. The lowest BCUT2D eigenvalue weighted by Gasteiger charge is -2.22. The van der Waals surface area contributed by atoms with Crippen LogP contribution < -0.4 is 0 Å². The molecule has 1 aliphatic rings. The van der Waals surface area contributed by atoms with E-state index in [1.54, 1.807) is 48.5 Å². The number of aromatic hydroxyl groups is 4. The van der Waals surface area contributed by atoms with Crippen LogP contribution in [-0.4, -0.2) is 40.9 Å². The van der Waals surface area contributed by atoms with Gasteiger partial charge in [0.1, 0.15) is 23.0 Å². The molecular weight excluding hydrogens is 753 g/mol. The van der Waals surface area contributed by atoms with E-state index < -0.39 is 24.4 Å². The number of hydrogen-bond donors (Lipinski definition) is 8. The predicted molar refractivity (Wildman–Crippen MR) is 240 cm³/mol. The molecule has 4 aromatic carbocycles. The second-order valence-electron chi connectivity index (χ2n) is 17.5. The lowest BCUT2D eigenvalue weighted by molar-refractivity contribution is 0.163. The normalized spacial score (nSPS) is 14.8. The molecule has 8 heteroatoms. The van der Waals surface area contributed by atoms with Crippen molar-refractivity contribution in [2.24, 2.45) is 0 Å². The van der Waals surface area contributed by atoms with Gasteiger partial charge in [-0.15, -0.1) is 0 Å². The highest BCUT2D eigenvalue weighted by Gasteiger charge is 2.25. The lowest BCUT2D eigenvalue weighted by atomic mass is 9.86. The van der Waals surface area contributed by atoms with E-state index in [1.807, 2.05) is 0 Å². The Morgan fingerprint density at radius 1 is 0.317 bits per heavy atom. The van der Waals surface area contributed by atoms with Gasteiger partial charge in [-0.2, -0.15) is 0 Å². The standard InChI is InChI=1S/C52H72O8/c1-5-9-13-17-45(53)33-21-37-29-39-23-34(46(54)18-14-10-6-2)25-41(50(39)58)31-43-27-36(48(56)20-16-12-8-4)28-44(52(43)60)32-42-26-35(47(55)19-15-11-7-3)24-40(51(42)59)30-38(22-33)49(37)57/h21-28,45-48,53-60H,5-20,29-32H2,1-4H3. The summed E-state index contributed by atoms with van der Waals surface area (Å²) >= 11 is 0. The van der Waals surface area contributed by atoms with Crippen LogP contribution in [-0.2, 0) is 25.7 Å². The zero-order chi connectivity index (χ0) is 43.3. The zero-order valence-corrected chi connectivity index (χ0v) is 36.6. The van der Waals surface area contributed by atoms with Crippen LogP contribution in [0, 0.1) is 0 Å². The lowest BCUT2D eigenvalue weighted by Crippen LogP contribution is -2.08. The van der Waals surface area contributed by atoms with Crippen molar-refractivity contribution in [1.82, 2.24) is 0 Å². The number of benzene rings is 4. The first-order valence-electron chi connectivity index (χ1n) is 23.0. The second kappa shape index (κ2) is 22.7. The molecule has 4 atom stereocenters. The average Bonchev–Trinajstić information content (AvgIpc) is 3.22. The van der Waals surface area contributed by atoms with Gasteiger partial charge in [-0.05, 0) is 141 Å². The van der Waals surface area contributed by atoms with Crippen molar-refractivity contribution in [1.29, 1.82) is 0 Å². The summed E-state index contributed by atoms with van der Waals surface area (Å²) < 4.78 is 0. The number of unbranched alkanes of at least 4 members (excludes halogenated alkanes) is 8. The van der Waals surface area contributed by atoms with Crippen LogP contribution in [0.25, 0.3) is 0 Å². The summed E-state index contributed by atoms with van der Waals surface area (Å²) in [5, 5.41) is 94.3. The molecule has 5 rings (SSSR count). The van der Waals surface area contributed by atoms with Gasteiger partial charge in [0.15, 0.2) is 0 Å². The third kappa shape index (κ3) is 12.1. The fourth-order valence-corrected chi connectivity index (χ4v) is 8.83. The van der Waals surface area contributed by atoms with Gasteiger partial charge in [0.2, 0.25) is 0 Å². The number of phenolic OH excluding ortho intramolecular Hbond substituents is 4. The third-order valence-corrected chi connectivity index (χ3v) is 12.5. The molecule has 0 aromatic heterocycles. The molecule has 60 heavy (non-hydrogen) atoms. The largest absolute Gasteiger partial charge is 0.507 e. The molecule has 0 saturated carbocycles. The summed E-state index contributed by atoms with van der Waals surface area (Å²) in [6.07, 6.45) is 10.5. The summed E-state index contributed by atoms with van der Waals surface area (Å²) in [7, 11) is 0. The van der Waals surface area contributed by atoms with Crippen molar-refractivity contribution in [3.05, 3.63) is 115 Å². The number of aliphatic hydroxyl groups is 4. The molecule has 4 aromatic rings. The molecular formula is C52H72O8. The number of aliphatic hydroxyl groups excluding tert-OH is 4. The summed E-state index contributed by atoms with van der Waals surface area (Å²) in [4.78, 5) is 0. The maximum absolute atomic E-state index is 12.1. The van der Waals surface area contributed by atoms with Gasteiger partial charge in [-0.25, -0.2) is 0 Å². The molecule has 0 spiro atoms. The van der Waals surface area contributed by atoms with Crippen LogP contribution in [0.1, 0.15) is 222 Å². The SMILES string of the molecule is CCCCCC(O)c1cc2c(O)c(c1)Cc1cc(C(O)CCCCC)cc(c1O)Cc1cc(C(O)CCCCC)cc(c1O)Cc1cc(C(O)CCCCC)cc(c1O)C2. The number of fused-ring (bicyclic) bond motifs is 8. The Kier molecular flexibility index (Phi) is 17.8. The van der Waals surface area contributed by atoms with Crippen LogP contribution in [0.15, 0.2) is 48.5 Å². The Hall–Kier alpha value is -4.08. The van der Waals surface area contributed by atoms with Crippen molar-refractivity contribution < 1.29 is 40.9 Å². The smallest absolute Gasteiger partial charge is 0.122 e. The van der Waals surface area contributed by atoms with Gasteiger partial charge < -0.3 is 40.9 Å². The summed E-state index contributed by atoms with van der Waals surface area (Å²) in [6, 6.07) is 14.4. The van der Waals surface area contributed by atoms with Gasteiger partial charge in [0.25, 0.3) is 0 Å². The topological polar surface area (TPSA) is 162 Å². The van der Waals surface area contributed by atoms with Crippen molar-refractivity contribution in [3.63, 3.8) is 0 Å². The van der Waals surface area contributed by atoms with Gasteiger partial charge in [-0.3, -0.25) is 0 Å². The van der Waals surface area contributed by atoms with Crippen molar-refractivity contribution >= 4 is 0 Å². The molecule has 8 bridgehead atoms. The van der Waals surface area contributed by atoms with E-state index >= 15 is 0 Å². The molecule has 0 heterocycles. The van der Waals surface area contributed by atoms with Crippen molar-refractivity contribution in [3.8, 4) is 23.0 Å². The molecule has 0 saturated heterocycles. The van der Waals surface area contributed by atoms with Gasteiger partial charge in [0, 0.05) is 25.7 Å². The van der Waals surface area contributed by atoms with E-state index in [4.69, 9.17) is 0 Å². The van der Waals surface area contributed by atoms with Gasteiger partial charge in [-0.1, -0.05) is 105 Å². The van der Waals surface area contributed by atoms with Crippen LogP contribution in [0.4, 0.5) is 0 Å². The second-order valence-corrected chi connectivity index (χ2v) is 17.5. The van der Waals surface area contributed by atoms with Crippen LogP contribution >= 0.6 is 0 Å². The van der Waals surface area contributed by atoms with Crippen molar-refractivity contribution in [2.75, 3.05) is 0 Å². The first-order valence-corrected chi connectivity index (χ1v) is 23.0. The molecule has 0 radical (unpaired) electrons. The molecule has 8 nitrogen and oxygen atoms in total. The molecule has 0 amide bonds. The van der Waals surface area contributed by atoms with Crippen LogP contribution in [0.2, 0.25) is 0 Å². The van der Waals surface area contributed by atoms with E-state index in [0.717, 1.165) is 77.0 Å². The summed E-state index contributed by atoms with van der Waals surface area (Å²) in [6.45, 7) is 8.45. The van der Waals surface area contributed by atoms with E-state index in [1.165, 1.54) is 0 Å². The summed E-state index contributed by atoms with van der Waals surface area (Å²) in [5.41, 5.74) is 6.42. The molecule has 4 unspecified atom stereocenters. The molecule has 8 N–H and O–H groups in total. The van der Waals surface area contributed by atoms with Crippen molar-refractivity contribution in [2.45, 2.75) is 181 Å². The fraction of sp³-hybridized carbons (Fsp3) is 0.538. The minimum atomic E-state index is -0.800. The van der Waals surface area contributed by atoms with E-state index in [0.29, 0.717) is 92.4 Å². The van der Waals surface area contributed by atoms with E-state index in [-0.39, 0.29) is 48.7 Å². The molecule has 1 aliphatic carbocycles. The Bertz CT molecular complexity index is 1620. The zero-order valence-electron chi connectivity index (χ0n) is 36.6. The predicted octanol–water partition coefficient (Wildman–Crippen LogP) is 11.6. The highest BCUT2D eigenvalue weighted by molar-refractivity contribution is 5.58. The minimum absolute atomic E-state index is 0.0131. The minimum Gasteiger partial charge on any atom is -0.507 e. The summed E-state index contributed by atoms with van der Waals surface area (Å²) in [5.74, 6) is -0.0524. The first-order chi connectivity index (χ1) is 28.9. The highest BCUT2D eigenvalue weighted by atomic mass is 16.3. The quantitative estimate of drug-likeness (QED) is 0.0360. The highest BCUT2D eigenvalue weighted by Crippen LogP contribution is 2.42. The fourth-order valence-electron chi connectivity index (χ4n) is 8.83.